The van der Waals surface area contributed by atoms with E-state index in [9.17, 15) is 0 Å². The van der Waals surface area contributed by atoms with E-state index in [0.29, 0.717) is 0 Å². The van der Waals surface area contributed by atoms with Gasteiger partial charge in [-0.25, -0.2) is 0 Å². The van der Waals surface area contributed by atoms with Crippen LogP contribution >= 0.6 is 0 Å². The van der Waals surface area contributed by atoms with Gasteiger partial charge in [0, 0.05) is 0 Å². The first kappa shape index (κ1) is 18.5. The molecule has 3 fully saturated rings. The molecule has 2 nitrogen and oxygen atoms in total. The maximum absolute atomic E-state index is 7.08. The third-order valence-corrected chi connectivity index (χ3v) is 25.1. The van der Waals surface area contributed by atoms with Crippen LogP contribution in [0.3, 0.4) is 0 Å². The van der Waals surface area contributed by atoms with Crippen LogP contribution in [0.4, 0.5) is 0 Å². The first-order valence-corrected chi connectivity index (χ1v) is 16.8. The van der Waals surface area contributed by atoms with E-state index in [-0.39, 0.29) is 0 Å². The van der Waals surface area contributed by atoms with Crippen LogP contribution in [0.15, 0.2) is 0 Å². The standard InChI is InChI=1S/3C6H11.C2H6NO.Sn/c3*1-2-4-6-5-3-1;3-1-2-4;/h3*1H,2-6H2;1-3H2;/q;;;-1;+1. The summed E-state index contributed by atoms with van der Waals surface area (Å²) in [6, 6.07) is 0. The van der Waals surface area contributed by atoms with E-state index in [0.717, 1.165) is 25.0 Å². The average molecular weight is 428 g/mol. The van der Waals surface area contributed by atoms with Crippen molar-refractivity contribution in [2.45, 2.75) is 108 Å². The van der Waals surface area contributed by atoms with Crippen molar-refractivity contribution in [2.75, 3.05) is 13.2 Å². The Hall–Kier alpha value is 0.719. The molecule has 134 valence electrons. The van der Waals surface area contributed by atoms with E-state index in [1.807, 2.05) is 0 Å². The third-order valence-electron chi connectivity index (χ3n) is 7.20. The van der Waals surface area contributed by atoms with Crippen LogP contribution in [-0.4, -0.2) is 31.9 Å². The molecule has 3 saturated carbocycles. The fraction of sp³-hybridized carbons (Fsp3) is 1.00. The SMILES string of the molecule is NCC[O][Sn]([CH]1CCCCC1)([CH]1CCCCC1)[CH]1CCCCC1. The number of rotatable bonds is 6. The first-order chi connectivity index (χ1) is 11.4. The van der Waals surface area contributed by atoms with Crippen LogP contribution in [0.1, 0.15) is 96.3 Å². The summed E-state index contributed by atoms with van der Waals surface area (Å²) in [5.41, 5.74) is 5.93. The van der Waals surface area contributed by atoms with E-state index in [2.05, 4.69) is 0 Å². The zero-order chi connectivity index (χ0) is 16.0. The van der Waals surface area contributed by atoms with Gasteiger partial charge in [-0.05, 0) is 0 Å². The predicted octanol–water partition coefficient (Wildman–Crippen LogP) is 5.91. The zero-order valence-electron chi connectivity index (χ0n) is 15.2. The van der Waals surface area contributed by atoms with Gasteiger partial charge in [-0.2, -0.15) is 0 Å². The zero-order valence-corrected chi connectivity index (χ0v) is 18.1. The molecule has 0 amide bonds. The molecular formula is C20H39NOSn. The monoisotopic (exact) mass is 429 g/mol. The third kappa shape index (κ3) is 4.28. The molecule has 0 aliphatic heterocycles. The van der Waals surface area contributed by atoms with Crippen LogP contribution in [0, 0.1) is 0 Å². The van der Waals surface area contributed by atoms with Crippen LogP contribution in [0.2, 0.25) is 11.8 Å². The van der Waals surface area contributed by atoms with E-state index < -0.39 is 18.8 Å². The maximum atomic E-state index is 7.08. The molecule has 0 bridgehead atoms. The van der Waals surface area contributed by atoms with Gasteiger partial charge >= 0.3 is 149 Å². The molecule has 2 N–H and O–H groups in total. The number of nitrogens with two attached hydrogens (primary N) is 1. The second-order valence-corrected chi connectivity index (χ2v) is 21.2. The Morgan fingerprint density at radius 2 is 0.957 bits per heavy atom. The van der Waals surface area contributed by atoms with Crippen LogP contribution in [-0.2, 0) is 3.07 Å². The molecule has 3 heteroatoms. The molecule has 0 unspecified atom stereocenters. The molecule has 0 radical (unpaired) electrons. The Morgan fingerprint density at radius 3 is 1.26 bits per heavy atom. The summed E-state index contributed by atoms with van der Waals surface area (Å²) in [6.45, 7) is 1.62. The summed E-state index contributed by atoms with van der Waals surface area (Å²) in [5.74, 6) is 0. The fourth-order valence-corrected chi connectivity index (χ4v) is 26.5. The number of hydrogen-bond acceptors (Lipinski definition) is 2. The second kappa shape index (κ2) is 9.43. The molecule has 0 heterocycles. The molecule has 0 aromatic heterocycles. The minimum atomic E-state index is -2.65. The summed E-state index contributed by atoms with van der Waals surface area (Å²) in [4.78, 5) is 0. The molecule has 0 aromatic carbocycles. The summed E-state index contributed by atoms with van der Waals surface area (Å²) in [5, 5.41) is 0. The van der Waals surface area contributed by atoms with Crippen molar-refractivity contribution >= 4 is 18.8 Å². The second-order valence-electron chi connectivity index (χ2n) is 8.50. The van der Waals surface area contributed by atoms with Crippen molar-refractivity contribution in [1.82, 2.24) is 0 Å². The first-order valence-electron chi connectivity index (χ1n) is 10.7. The van der Waals surface area contributed by atoms with Crippen molar-refractivity contribution in [3.05, 3.63) is 0 Å². The average Bonchev–Trinajstić information content (AvgIpc) is 2.65. The normalized spacial score (nSPS) is 26.5. The molecular weight excluding hydrogens is 389 g/mol. The fourth-order valence-electron chi connectivity index (χ4n) is 6.25. The Bertz CT molecular complexity index is 285. The van der Waals surface area contributed by atoms with E-state index in [4.69, 9.17) is 8.81 Å². The van der Waals surface area contributed by atoms with Crippen molar-refractivity contribution in [1.29, 1.82) is 0 Å². The van der Waals surface area contributed by atoms with Gasteiger partial charge < -0.3 is 0 Å². The van der Waals surface area contributed by atoms with Crippen LogP contribution in [0.25, 0.3) is 0 Å². The van der Waals surface area contributed by atoms with Crippen molar-refractivity contribution in [3.63, 3.8) is 0 Å². The Kier molecular flexibility index (Phi) is 7.58. The molecule has 0 atom stereocenters. The molecule has 3 aliphatic carbocycles. The van der Waals surface area contributed by atoms with E-state index >= 15 is 0 Å². The van der Waals surface area contributed by atoms with Gasteiger partial charge in [0.05, 0.1) is 0 Å². The number of hydrogen-bond donors (Lipinski definition) is 1. The van der Waals surface area contributed by atoms with Gasteiger partial charge in [0.15, 0.2) is 0 Å². The quantitative estimate of drug-likeness (QED) is 0.534. The predicted molar refractivity (Wildman–Crippen MR) is 101 cm³/mol. The Labute approximate surface area is 148 Å². The van der Waals surface area contributed by atoms with E-state index in [1.54, 1.807) is 0 Å². The van der Waals surface area contributed by atoms with Gasteiger partial charge in [0.25, 0.3) is 0 Å². The van der Waals surface area contributed by atoms with Gasteiger partial charge in [-0.15, -0.1) is 0 Å². The van der Waals surface area contributed by atoms with Gasteiger partial charge in [0.1, 0.15) is 0 Å². The Balaban J connectivity index is 1.88. The minimum absolute atomic E-state index is 0.741. The summed E-state index contributed by atoms with van der Waals surface area (Å²) < 4.78 is 10.2. The van der Waals surface area contributed by atoms with Crippen molar-refractivity contribution < 1.29 is 3.07 Å². The summed E-state index contributed by atoms with van der Waals surface area (Å²) in [6.07, 6.45) is 22.4. The van der Waals surface area contributed by atoms with Gasteiger partial charge in [-0.3, -0.25) is 0 Å². The van der Waals surface area contributed by atoms with E-state index in [1.165, 1.54) is 96.3 Å². The van der Waals surface area contributed by atoms with Gasteiger partial charge in [-0.1, -0.05) is 0 Å². The molecule has 0 aromatic rings. The van der Waals surface area contributed by atoms with Crippen LogP contribution < -0.4 is 5.73 Å². The Morgan fingerprint density at radius 1 is 0.609 bits per heavy atom. The van der Waals surface area contributed by atoms with Gasteiger partial charge in [0.2, 0.25) is 0 Å². The molecule has 3 rings (SSSR count). The molecule has 23 heavy (non-hydrogen) atoms. The molecule has 0 spiro atoms. The van der Waals surface area contributed by atoms with Crippen molar-refractivity contribution in [2.24, 2.45) is 5.73 Å². The van der Waals surface area contributed by atoms with Crippen molar-refractivity contribution in [3.8, 4) is 0 Å². The van der Waals surface area contributed by atoms with Crippen LogP contribution in [0.5, 0.6) is 0 Å². The molecule has 3 aliphatic rings. The summed E-state index contributed by atoms with van der Waals surface area (Å²) >= 11 is -2.65. The topological polar surface area (TPSA) is 35.2 Å². The molecule has 0 saturated heterocycles. The summed E-state index contributed by atoms with van der Waals surface area (Å²) in [7, 11) is 0.